The first kappa shape index (κ1) is 20.3. The summed E-state index contributed by atoms with van der Waals surface area (Å²) in [7, 11) is 2.89. The maximum atomic E-state index is 13.1. The number of esters is 1. The van der Waals surface area contributed by atoms with Crippen LogP contribution >= 0.6 is 0 Å². The van der Waals surface area contributed by atoms with Gasteiger partial charge < -0.3 is 9.47 Å². The van der Waals surface area contributed by atoms with Crippen LogP contribution in [0.15, 0.2) is 64.7 Å². The second-order valence-corrected chi connectivity index (χ2v) is 6.57. The first-order chi connectivity index (χ1) is 14.0. The van der Waals surface area contributed by atoms with Gasteiger partial charge in [0.15, 0.2) is 0 Å². The minimum absolute atomic E-state index is 0.0717. The summed E-state index contributed by atoms with van der Waals surface area (Å²) < 4.78 is 9.93. The molecular weight excluding hydrogens is 370 g/mol. The maximum Gasteiger partial charge on any atom is 0.311 e. The summed E-state index contributed by atoms with van der Waals surface area (Å²) >= 11 is 0. The molecule has 0 aromatic heterocycles. The molecule has 1 aliphatic heterocycles. The van der Waals surface area contributed by atoms with Crippen molar-refractivity contribution in [2.75, 3.05) is 19.2 Å². The predicted octanol–water partition coefficient (Wildman–Crippen LogP) is 3.24. The molecule has 0 fully saturated rings. The SMILES string of the molecule is COC(=O)CC1=NN(c2ccc(OC)cc2)C(=O)C1C(C)=NCc1ccccc1. The van der Waals surface area contributed by atoms with E-state index in [2.05, 4.69) is 10.1 Å². The third-order valence-electron chi connectivity index (χ3n) is 4.66. The monoisotopic (exact) mass is 393 g/mol. The lowest BCUT2D eigenvalue weighted by Crippen LogP contribution is -2.33. The van der Waals surface area contributed by atoms with Crippen molar-refractivity contribution in [1.82, 2.24) is 0 Å². The molecule has 29 heavy (non-hydrogen) atoms. The maximum absolute atomic E-state index is 13.1. The summed E-state index contributed by atoms with van der Waals surface area (Å²) in [6.45, 7) is 2.24. The van der Waals surface area contributed by atoms with Crippen LogP contribution in [0.1, 0.15) is 18.9 Å². The van der Waals surface area contributed by atoms with Crippen molar-refractivity contribution in [3.05, 3.63) is 60.2 Å². The highest BCUT2D eigenvalue weighted by Gasteiger charge is 2.39. The van der Waals surface area contributed by atoms with Crippen LogP contribution in [-0.4, -0.2) is 37.5 Å². The minimum Gasteiger partial charge on any atom is -0.497 e. The van der Waals surface area contributed by atoms with Crippen molar-refractivity contribution in [1.29, 1.82) is 0 Å². The first-order valence-electron chi connectivity index (χ1n) is 9.20. The summed E-state index contributed by atoms with van der Waals surface area (Å²) in [6, 6.07) is 16.8. The molecule has 1 amide bonds. The smallest absolute Gasteiger partial charge is 0.311 e. The first-order valence-corrected chi connectivity index (χ1v) is 9.20. The molecule has 1 atom stereocenters. The predicted molar refractivity (Wildman–Crippen MR) is 111 cm³/mol. The number of ether oxygens (including phenoxy) is 2. The quantitative estimate of drug-likeness (QED) is 0.534. The van der Waals surface area contributed by atoms with E-state index in [1.54, 1.807) is 38.3 Å². The Morgan fingerprint density at radius 2 is 1.79 bits per heavy atom. The van der Waals surface area contributed by atoms with E-state index in [0.717, 1.165) is 5.56 Å². The standard InChI is InChI=1S/C22H23N3O4/c1-15(23-14-16-7-5-4-6-8-16)21-19(13-20(26)29-3)24-25(22(21)27)17-9-11-18(28-2)12-10-17/h4-12,21H,13-14H2,1-3H3. The average Bonchev–Trinajstić information content (AvgIpc) is 3.08. The number of amides is 1. The number of nitrogens with zero attached hydrogens (tertiary/aromatic N) is 3. The molecule has 1 aliphatic rings. The Morgan fingerprint density at radius 1 is 1.10 bits per heavy atom. The highest BCUT2D eigenvalue weighted by molar-refractivity contribution is 6.30. The van der Waals surface area contributed by atoms with Crippen LogP contribution in [0.2, 0.25) is 0 Å². The zero-order chi connectivity index (χ0) is 20.8. The van der Waals surface area contributed by atoms with Crippen LogP contribution in [0.25, 0.3) is 0 Å². The van der Waals surface area contributed by atoms with Crippen LogP contribution in [0.4, 0.5) is 5.69 Å². The van der Waals surface area contributed by atoms with E-state index < -0.39 is 11.9 Å². The number of hydrogen-bond acceptors (Lipinski definition) is 6. The number of carbonyl (C=O) groups excluding carboxylic acids is 2. The molecule has 150 valence electrons. The Kier molecular flexibility index (Phi) is 6.39. The Morgan fingerprint density at radius 3 is 2.41 bits per heavy atom. The van der Waals surface area contributed by atoms with Crippen LogP contribution < -0.4 is 9.75 Å². The average molecular weight is 393 g/mol. The number of aliphatic imine (C=N–C) groups is 1. The van der Waals surface area contributed by atoms with Gasteiger partial charge in [-0.15, -0.1) is 0 Å². The van der Waals surface area contributed by atoms with Gasteiger partial charge in [0.25, 0.3) is 5.91 Å². The summed E-state index contributed by atoms with van der Waals surface area (Å²) in [6.07, 6.45) is -0.0717. The number of anilines is 1. The van der Waals surface area contributed by atoms with Crippen LogP contribution in [-0.2, 0) is 20.9 Å². The summed E-state index contributed by atoms with van der Waals surface area (Å²) in [5.74, 6) is -0.714. The van der Waals surface area contributed by atoms with Gasteiger partial charge >= 0.3 is 5.97 Å². The lowest BCUT2D eigenvalue weighted by molar-refractivity contribution is -0.139. The van der Waals surface area contributed by atoms with Gasteiger partial charge in [-0.2, -0.15) is 10.1 Å². The lowest BCUT2D eigenvalue weighted by Gasteiger charge is -2.15. The molecule has 2 aromatic carbocycles. The molecule has 0 saturated carbocycles. The van der Waals surface area contributed by atoms with Crippen LogP contribution in [0.5, 0.6) is 5.75 Å². The lowest BCUT2D eigenvalue weighted by atomic mass is 9.96. The summed E-state index contributed by atoms with van der Waals surface area (Å²) in [4.78, 5) is 29.6. The highest BCUT2D eigenvalue weighted by atomic mass is 16.5. The van der Waals surface area contributed by atoms with Gasteiger partial charge in [0.1, 0.15) is 11.7 Å². The molecule has 0 radical (unpaired) electrons. The van der Waals surface area contributed by atoms with E-state index in [4.69, 9.17) is 9.47 Å². The molecule has 0 spiro atoms. The van der Waals surface area contributed by atoms with Crippen molar-refractivity contribution in [2.45, 2.75) is 19.9 Å². The molecule has 3 rings (SSSR count). The number of methoxy groups -OCH3 is 2. The topological polar surface area (TPSA) is 80.6 Å². The van der Waals surface area contributed by atoms with Crippen molar-refractivity contribution in [2.24, 2.45) is 16.0 Å². The highest BCUT2D eigenvalue weighted by Crippen LogP contribution is 2.28. The van der Waals surface area contributed by atoms with E-state index in [1.807, 2.05) is 30.3 Å². The third-order valence-corrected chi connectivity index (χ3v) is 4.66. The second-order valence-electron chi connectivity index (χ2n) is 6.57. The molecule has 0 bridgehead atoms. The van der Waals surface area contributed by atoms with E-state index >= 15 is 0 Å². The molecule has 7 nitrogen and oxygen atoms in total. The van der Waals surface area contributed by atoms with Gasteiger partial charge in [0.05, 0.1) is 38.6 Å². The molecule has 2 aromatic rings. The fourth-order valence-electron chi connectivity index (χ4n) is 3.08. The van der Waals surface area contributed by atoms with Crippen molar-refractivity contribution < 1.29 is 19.1 Å². The Balaban J connectivity index is 1.88. The zero-order valence-electron chi connectivity index (χ0n) is 16.7. The molecule has 1 heterocycles. The Labute approximate surface area is 169 Å². The number of hydrogen-bond donors (Lipinski definition) is 0. The van der Waals surface area contributed by atoms with Crippen molar-refractivity contribution in [3.63, 3.8) is 0 Å². The fraction of sp³-hybridized carbons (Fsp3) is 0.273. The number of hydrazone groups is 1. The van der Waals surface area contributed by atoms with Gasteiger partial charge in [0.2, 0.25) is 0 Å². The van der Waals surface area contributed by atoms with Gasteiger partial charge in [-0.3, -0.25) is 14.6 Å². The van der Waals surface area contributed by atoms with Crippen molar-refractivity contribution in [3.8, 4) is 5.75 Å². The molecule has 0 saturated heterocycles. The zero-order valence-corrected chi connectivity index (χ0v) is 16.7. The van der Waals surface area contributed by atoms with Gasteiger partial charge in [-0.1, -0.05) is 30.3 Å². The molecular formula is C22H23N3O4. The van der Waals surface area contributed by atoms with Gasteiger partial charge in [0, 0.05) is 5.71 Å². The van der Waals surface area contributed by atoms with Gasteiger partial charge in [-0.05, 0) is 36.8 Å². The molecule has 1 unspecified atom stereocenters. The number of benzene rings is 2. The number of carbonyl (C=O) groups is 2. The minimum atomic E-state index is -0.695. The van der Waals surface area contributed by atoms with Gasteiger partial charge in [-0.25, -0.2) is 0 Å². The molecule has 7 heteroatoms. The van der Waals surface area contributed by atoms with E-state index in [0.29, 0.717) is 29.4 Å². The Hall–Kier alpha value is -3.48. The summed E-state index contributed by atoms with van der Waals surface area (Å²) in [5.41, 5.74) is 2.66. The van der Waals surface area contributed by atoms with Crippen molar-refractivity contribution >= 4 is 29.0 Å². The molecule has 0 N–H and O–H groups in total. The van der Waals surface area contributed by atoms with Crippen LogP contribution in [0, 0.1) is 5.92 Å². The molecule has 0 aliphatic carbocycles. The van der Waals surface area contributed by atoms with E-state index in [-0.39, 0.29) is 12.3 Å². The fourth-order valence-corrected chi connectivity index (χ4v) is 3.08. The second kappa shape index (κ2) is 9.14. The number of rotatable bonds is 7. The third kappa shape index (κ3) is 4.68. The summed E-state index contributed by atoms with van der Waals surface area (Å²) in [5, 5.41) is 5.73. The van der Waals surface area contributed by atoms with Crippen LogP contribution in [0.3, 0.4) is 0 Å². The normalized spacial score (nSPS) is 16.6. The van der Waals surface area contributed by atoms with E-state index in [9.17, 15) is 9.59 Å². The Bertz CT molecular complexity index is 936. The van der Waals surface area contributed by atoms with E-state index in [1.165, 1.54) is 12.1 Å². The largest absolute Gasteiger partial charge is 0.497 e.